The highest BCUT2D eigenvalue weighted by Gasteiger charge is 2.27. The van der Waals surface area contributed by atoms with Gasteiger partial charge in [0.1, 0.15) is 12.7 Å². The Bertz CT molecular complexity index is 1150. The molecule has 0 aromatic heterocycles. The lowest BCUT2D eigenvalue weighted by Crippen LogP contribution is -2.29. The van der Waals surface area contributed by atoms with Gasteiger partial charge in [-0.1, -0.05) is 159 Å². The van der Waals surface area contributed by atoms with Crippen LogP contribution in [0.3, 0.4) is 0 Å². The Morgan fingerprint density at radius 3 is 1.84 bits per heavy atom. The van der Waals surface area contributed by atoms with Gasteiger partial charge in [-0.25, -0.2) is 4.57 Å². The van der Waals surface area contributed by atoms with E-state index in [1.807, 2.05) is 49.5 Å². The van der Waals surface area contributed by atoms with Crippen LogP contribution in [0.5, 0.6) is 0 Å². The highest BCUT2D eigenvalue weighted by atomic mass is 31.2. The maximum absolute atomic E-state index is 12.6. The number of esters is 2. The molecule has 0 aromatic rings. The second-order valence-corrected chi connectivity index (χ2v) is 16.1. The van der Waals surface area contributed by atoms with Gasteiger partial charge in [0.05, 0.1) is 25.9 Å². The van der Waals surface area contributed by atoms with E-state index in [1.165, 1.54) is 57.8 Å². The smallest absolute Gasteiger partial charge is 0.462 e. The van der Waals surface area contributed by atoms with E-state index in [-0.39, 0.29) is 19.4 Å². The first-order chi connectivity index (χ1) is 27.0. The van der Waals surface area contributed by atoms with Gasteiger partial charge in [0.15, 0.2) is 6.10 Å². The molecule has 0 heterocycles. The molecule has 324 valence electrons. The second-order valence-electron chi connectivity index (χ2n) is 14.7. The Hall–Kier alpha value is -2.37. The molecule has 2 unspecified atom stereocenters. The number of hydrogen-bond acceptors (Lipinski definition) is 10. The van der Waals surface area contributed by atoms with Crippen LogP contribution in [0.1, 0.15) is 156 Å². The number of carbonyl (C=O) groups excluding carboxylic acids is 2. The van der Waals surface area contributed by atoms with E-state index < -0.39 is 57.9 Å². The molecule has 0 fully saturated rings. The van der Waals surface area contributed by atoms with E-state index in [9.17, 15) is 29.3 Å². The predicted molar refractivity (Wildman–Crippen MR) is 225 cm³/mol. The number of aliphatic hydroxyl groups is 3. The minimum atomic E-state index is -4.64. The van der Waals surface area contributed by atoms with Crippen LogP contribution in [0.4, 0.5) is 0 Å². The van der Waals surface area contributed by atoms with Gasteiger partial charge >= 0.3 is 19.8 Å². The zero-order chi connectivity index (χ0) is 41.5. The van der Waals surface area contributed by atoms with Gasteiger partial charge in [-0.3, -0.25) is 18.6 Å². The summed E-state index contributed by atoms with van der Waals surface area (Å²) in [6, 6.07) is 0. The largest absolute Gasteiger partial charge is 0.472 e. The Morgan fingerprint density at radius 1 is 0.661 bits per heavy atom. The Balaban J connectivity index is 4.44. The fourth-order valence-corrected chi connectivity index (χ4v) is 6.20. The number of allylic oxidation sites excluding steroid dienone is 8. The predicted octanol–water partition coefficient (Wildman–Crippen LogP) is 9.94. The van der Waals surface area contributed by atoms with Gasteiger partial charge in [0.2, 0.25) is 0 Å². The maximum Gasteiger partial charge on any atom is 0.472 e. The maximum atomic E-state index is 12.6. The van der Waals surface area contributed by atoms with Crippen molar-refractivity contribution in [2.45, 2.75) is 174 Å². The van der Waals surface area contributed by atoms with Crippen molar-refractivity contribution in [3.05, 3.63) is 60.8 Å². The molecule has 12 heteroatoms. The number of phosphoric acid groups is 1. The minimum Gasteiger partial charge on any atom is -0.462 e. The summed E-state index contributed by atoms with van der Waals surface area (Å²) in [5, 5.41) is 28.1. The van der Waals surface area contributed by atoms with Crippen molar-refractivity contribution < 1.29 is 52.9 Å². The number of aliphatic hydroxyl groups excluding tert-OH is 3. The number of carbonyl (C=O) groups is 2. The summed E-state index contributed by atoms with van der Waals surface area (Å²) < 4.78 is 32.6. The summed E-state index contributed by atoms with van der Waals surface area (Å²) in [6.07, 6.45) is 36.8. The lowest BCUT2D eigenvalue weighted by atomic mass is 10.0. The summed E-state index contributed by atoms with van der Waals surface area (Å²) in [7, 11) is -4.64. The van der Waals surface area contributed by atoms with E-state index in [2.05, 4.69) is 30.5 Å². The zero-order valence-electron chi connectivity index (χ0n) is 34.9. The summed E-state index contributed by atoms with van der Waals surface area (Å²) in [6.45, 7) is 4.37. The van der Waals surface area contributed by atoms with E-state index in [0.717, 1.165) is 44.4 Å². The molecule has 0 aliphatic carbocycles. The number of ether oxygens (including phenoxy) is 2. The fourth-order valence-electron chi connectivity index (χ4n) is 5.41. The van der Waals surface area contributed by atoms with Crippen LogP contribution in [-0.2, 0) is 32.7 Å². The number of unbranched alkanes of at least 4 members (excludes halogenated alkanes) is 12. The van der Waals surface area contributed by atoms with Crippen molar-refractivity contribution >= 4 is 19.8 Å². The lowest BCUT2D eigenvalue weighted by molar-refractivity contribution is -0.161. The normalized spacial score (nSPS) is 15.1. The van der Waals surface area contributed by atoms with Gasteiger partial charge in [-0.2, -0.15) is 0 Å². The van der Waals surface area contributed by atoms with Crippen molar-refractivity contribution in [1.82, 2.24) is 0 Å². The third-order valence-corrected chi connectivity index (χ3v) is 9.64. The third kappa shape index (κ3) is 38.5. The van der Waals surface area contributed by atoms with Crippen LogP contribution >= 0.6 is 7.82 Å². The van der Waals surface area contributed by atoms with E-state index in [0.29, 0.717) is 25.7 Å². The molecular formula is C44H77O11P. The Kier molecular flexibility index (Phi) is 36.5. The molecule has 0 rings (SSSR count). The molecule has 56 heavy (non-hydrogen) atoms. The summed E-state index contributed by atoms with van der Waals surface area (Å²) >= 11 is 0. The van der Waals surface area contributed by atoms with Crippen LogP contribution in [0.15, 0.2) is 60.8 Å². The molecule has 0 aliphatic rings. The average molecular weight is 813 g/mol. The molecule has 0 bridgehead atoms. The van der Waals surface area contributed by atoms with Crippen LogP contribution in [0.25, 0.3) is 0 Å². The van der Waals surface area contributed by atoms with Crippen LogP contribution in [0, 0.1) is 5.92 Å². The summed E-state index contributed by atoms with van der Waals surface area (Å²) in [5.74, 6) is -0.221. The molecule has 4 N–H and O–H groups in total. The first-order valence-corrected chi connectivity index (χ1v) is 22.7. The molecule has 0 saturated heterocycles. The van der Waals surface area contributed by atoms with Crippen molar-refractivity contribution in [2.75, 3.05) is 26.4 Å². The first-order valence-electron chi connectivity index (χ1n) is 21.2. The van der Waals surface area contributed by atoms with Crippen LogP contribution in [0.2, 0.25) is 0 Å². The molecule has 0 amide bonds. The molecule has 0 aromatic carbocycles. The van der Waals surface area contributed by atoms with E-state index >= 15 is 0 Å². The van der Waals surface area contributed by atoms with Crippen molar-refractivity contribution in [3.63, 3.8) is 0 Å². The standard InChI is InChI=1S/C44H77O11P/c1-4-5-31-40(46)32-27-23-19-15-11-7-9-12-16-20-24-28-33-43(48)52-37-42(38-54-56(50,51)53-36-41(47)35-45)55-44(49)34-29-25-21-17-13-8-6-10-14-18-22-26-30-39(2)3/h5,7,9,15-16,19-20,23,27,31,39-42,45-47H,4,6,8,10-14,17-18,21-22,24-26,28-30,32-38H2,1-3H3,(H,50,51)/b9-7-,19-15-,20-16-,27-23+,31-5-/t40?,41-,42+/m0/s1. The van der Waals surface area contributed by atoms with Crippen LogP contribution in [-0.4, -0.2) is 76.9 Å². The SMILES string of the molecule is CC/C=C\C(O)C/C=C/C=C\C/C=C\C/C=C\CCCC(=O)OC[C@H](COP(=O)(O)OC[C@@H](O)CO)OC(=O)CCCCCCCCCCCCCCC(C)C. The van der Waals surface area contributed by atoms with E-state index in [1.54, 1.807) is 6.08 Å². The van der Waals surface area contributed by atoms with Gasteiger partial charge in [-0.15, -0.1) is 0 Å². The molecule has 0 saturated carbocycles. The van der Waals surface area contributed by atoms with Gasteiger partial charge in [0.25, 0.3) is 0 Å². The van der Waals surface area contributed by atoms with E-state index in [4.69, 9.17) is 19.1 Å². The Labute approximate surface area is 338 Å². The van der Waals surface area contributed by atoms with Crippen molar-refractivity contribution in [1.29, 1.82) is 0 Å². The number of rotatable bonds is 38. The molecule has 0 aliphatic heterocycles. The van der Waals surface area contributed by atoms with Gasteiger partial charge in [0, 0.05) is 12.8 Å². The lowest BCUT2D eigenvalue weighted by Gasteiger charge is -2.20. The second kappa shape index (κ2) is 38.2. The molecule has 0 radical (unpaired) electrons. The first kappa shape index (κ1) is 53.6. The molecule has 0 spiro atoms. The topological polar surface area (TPSA) is 169 Å². The monoisotopic (exact) mass is 813 g/mol. The van der Waals surface area contributed by atoms with Crippen LogP contribution < -0.4 is 0 Å². The molecule has 4 atom stereocenters. The highest BCUT2D eigenvalue weighted by molar-refractivity contribution is 7.47. The zero-order valence-corrected chi connectivity index (χ0v) is 35.7. The quantitative estimate of drug-likeness (QED) is 0.0154. The Morgan fingerprint density at radius 2 is 1.21 bits per heavy atom. The summed E-state index contributed by atoms with van der Waals surface area (Å²) in [4.78, 5) is 34.9. The van der Waals surface area contributed by atoms with Crippen molar-refractivity contribution in [2.24, 2.45) is 5.92 Å². The average Bonchev–Trinajstić information content (AvgIpc) is 3.17. The molecule has 11 nitrogen and oxygen atoms in total. The van der Waals surface area contributed by atoms with Gasteiger partial charge in [-0.05, 0) is 50.9 Å². The number of hydrogen-bond donors (Lipinski definition) is 4. The number of phosphoric ester groups is 1. The van der Waals surface area contributed by atoms with Gasteiger partial charge < -0.3 is 29.7 Å². The highest BCUT2D eigenvalue weighted by Crippen LogP contribution is 2.43. The minimum absolute atomic E-state index is 0.144. The fraction of sp³-hybridized carbons (Fsp3) is 0.727. The summed E-state index contributed by atoms with van der Waals surface area (Å²) in [5.41, 5.74) is 0. The third-order valence-electron chi connectivity index (χ3n) is 8.69. The van der Waals surface area contributed by atoms with Crippen molar-refractivity contribution in [3.8, 4) is 0 Å². The molecular weight excluding hydrogens is 735 g/mol.